The van der Waals surface area contributed by atoms with Crippen molar-refractivity contribution in [3.05, 3.63) is 78.9 Å². The number of alkyl halides is 3. The molecule has 6 rings (SSSR count). The van der Waals surface area contributed by atoms with E-state index in [1.807, 2.05) is 0 Å². The quantitative estimate of drug-likeness (QED) is 0.138. The zero-order chi connectivity index (χ0) is 28.2. The summed E-state index contributed by atoms with van der Waals surface area (Å²) in [5.41, 5.74) is 10.1. The summed E-state index contributed by atoms with van der Waals surface area (Å²) in [4.78, 5) is 8.80. The molecule has 0 atom stereocenters. The fourth-order valence-electron chi connectivity index (χ4n) is 4.21. The molecule has 0 spiro atoms. The van der Waals surface area contributed by atoms with Gasteiger partial charge >= 0.3 is 15.6 Å². The summed E-state index contributed by atoms with van der Waals surface area (Å²) in [6.07, 6.45) is 0. The molecule has 40 heavy (non-hydrogen) atoms. The van der Waals surface area contributed by atoms with Crippen molar-refractivity contribution in [2.24, 2.45) is 0 Å². The SMILES string of the molecule is Nc1c(-c2nc3ccccc3o2)cccc1-c1cc(OS(=O)(=O)C(F)(F)F)cc(-c2nc3ccccc3o2)c1N. The molecule has 2 aromatic heterocycles. The van der Waals surface area contributed by atoms with Crippen LogP contribution in [0.5, 0.6) is 5.75 Å². The van der Waals surface area contributed by atoms with Crippen molar-refractivity contribution in [2.45, 2.75) is 5.51 Å². The second-order valence-corrected chi connectivity index (χ2v) is 10.2. The van der Waals surface area contributed by atoms with E-state index in [2.05, 4.69) is 14.2 Å². The van der Waals surface area contributed by atoms with E-state index in [1.54, 1.807) is 66.7 Å². The maximum absolute atomic E-state index is 13.2. The van der Waals surface area contributed by atoms with Gasteiger partial charge < -0.3 is 24.5 Å². The van der Waals surface area contributed by atoms with Gasteiger partial charge in [0.1, 0.15) is 16.8 Å². The van der Waals surface area contributed by atoms with E-state index < -0.39 is 21.4 Å². The first-order chi connectivity index (χ1) is 19.0. The lowest BCUT2D eigenvalue weighted by atomic mass is 9.96. The van der Waals surface area contributed by atoms with Gasteiger partial charge in [0.2, 0.25) is 11.8 Å². The predicted molar refractivity (Wildman–Crippen MR) is 142 cm³/mol. The van der Waals surface area contributed by atoms with Gasteiger partial charge in [0, 0.05) is 11.1 Å². The zero-order valence-corrected chi connectivity index (χ0v) is 21.0. The predicted octanol–water partition coefficient (Wildman–Crippen LogP) is 6.36. The first-order valence-corrected chi connectivity index (χ1v) is 13.0. The molecule has 9 nitrogen and oxygen atoms in total. The summed E-state index contributed by atoms with van der Waals surface area (Å²) >= 11 is 0. The van der Waals surface area contributed by atoms with Gasteiger partial charge in [-0.2, -0.15) is 21.6 Å². The highest BCUT2D eigenvalue weighted by molar-refractivity contribution is 7.88. The number of fused-ring (bicyclic) bond motifs is 2. The van der Waals surface area contributed by atoms with Crippen molar-refractivity contribution in [3.63, 3.8) is 0 Å². The Labute approximate surface area is 223 Å². The number of rotatable bonds is 5. The number of nitrogens with two attached hydrogens (primary N) is 2. The fourth-order valence-corrected chi connectivity index (χ4v) is 4.65. The Kier molecular flexibility index (Phi) is 5.69. The average molecular weight is 567 g/mol. The third-order valence-electron chi connectivity index (χ3n) is 6.09. The zero-order valence-electron chi connectivity index (χ0n) is 20.1. The number of hydrogen-bond acceptors (Lipinski definition) is 9. The van der Waals surface area contributed by atoms with Crippen molar-refractivity contribution < 1.29 is 34.6 Å². The average Bonchev–Trinajstić information content (AvgIpc) is 3.53. The highest BCUT2D eigenvalue weighted by Crippen LogP contribution is 2.44. The number of anilines is 2. The van der Waals surface area contributed by atoms with Gasteiger partial charge in [0.05, 0.1) is 22.5 Å². The minimum Gasteiger partial charge on any atom is -0.436 e. The highest BCUT2D eigenvalue weighted by atomic mass is 32.2. The third-order valence-corrected chi connectivity index (χ3v) is 7.07. The summed E-state index contributed by atoms with van der Waals surface area (Å²) < 4.78 is 79.3. The van der Waals surface area contributed by atoms with Gasteiger partial charge in [-0.3, -0.25) is 0 Å². The summed E-state index contributed by atoms with van der Waals surface area (Å²) in [6.45, 7) is 0. The summed E-state index contributed by atoms with van der Waals surface area (Å²) in [6, 6.07) is 20.7. The molecule has 4 N–H and O–H groups in total. The van der Waals surface area contributed by atoms with E-state index in [4.69, 9.17) is 20.3 Å². The van der Waals surface area contributed by atoms with Crippen LogP contribution in [0.1, 0.15) is 0 Å². The van der Waals surface area contributed by atoms with Crippen LogP contribution >= 0.6 is 0 Å². The molecule has 202 valence electrons. The summed E-state index contributed by atoms with van der Waals surface area (Å²) in [5, 5.41) is 0. The number of para-hydroxylation sites is 5. The Hall–Kier alpha value is -5.04. The van der Waals surface area contributed by atoms with Crippen LogP contribution in [0.4, 0.5) is 24.5 Å². The Balaban J connectivity index is 1.56. The van der Waals surface area contributed by atoms with Crippen molar-refractivity contribution in [1.82, 2.24) is 9.97 Å². The standard InChI is InChI=1S/C27H17F3N4O5S/c28-27(29,30)40(35,36)39-14-12-17(24(32)18(13-14)26-34-20-9-2-4-11-22(20)38-26)15-6-5-7-16(23(15)31)25-33-19-8-1-3-10-21(19)37-25/h1-13H,31-32H2. The molecule has 0 aliphatic rings. The number of aromatic nitrogens is 2. The molecule has 0 amide bonds. The van der Waals surface area contributed by atoms with Gasteiger partial charge in [-0.05, 0) is 42.5 Å². The lowest BCUT2D eigenvalue weighted by Crippen LogP contribution is -2.28. The summed E-state index contributed by atoms with van der Waals surface area (Å²) in [7, 11) is -6.01. The van der Waals surface area contributed by atoms with E-state index in [-0.39, 0.29) is 39.8 Å². The van der Waals surface area contributed by atoms with Crippen LogP contribution in [0.3, 0.4) is 0 Å². The Morgan fingerprint density at radius 2 is 1.18 bits per heavy atom. The smallest absolute Gasteiger partial charge is 0.436 e. The van der Waals surface area contributed by atoms with Crippen molar-refractivity contribution in [1.29, 1.82) is 0 Å². The Bertz CT molecular complexity index is 1970. The van der Waals surface area contributed by atoms with Crippen molar-refractivity contribution >= 4 is 43.7 Å². The van der Waals surface area contributed by atoms with E-state index in [0.29, 0.717) is 27.8 Å². The number of benzene rings is 4. The lowest BCUT2D eigenvalue weighted by molar-refractivity contribution is -0.0500. The van der Waals surface area contributed by atoms with Crippen LogP contribution in [0, 0.1) is 0 Å². The Morgan fingerprint density at radius 3 is 1.75 bits per heavy atom. The summed E-state index contributed by atoms with van der Waals surface area (Å²) in [5.74, 6) is -0.542. The van der Waals surface area contributed by atoms with Gasteiger partial charge in [0.25, 0.3) is 0 Å². The molecule has 2 heterocycles. The number of nitrogen functional groups attached to an aromatic ring is 2. The second-order valence-electron chi connectivity index (χ2n) is 8.66. The van der Waals surface area contributed by atoms with E-state index in [0.717, 1.165) is 12.1 Å². The molecule has 13 heteroatoms. The maximum Gasteiger partial charge on any atom is 0.534 e. The number of oxazole rings is 2. The number of nitrogens with zero attached hydrogens (tertiary/aromatic N) is 2. The Morgan fingerprint density at radius 1 is 0.675 bits per heavy atom. The van der Waals surface area contributed by atoms with E-state index in [9.17, 15) is 21.6 Å². The van der Waals surface area contributed by atoms with E-state index >= 15 is 0 Å². The number of hydrogen-bond donors (Lipinski definition) is 2. The van der Waals surface area contributed by atoms with Crippen LogP contribution in [-0.4, -0.2) is 23.9 Å². The van der Waals surface area contributed by atoms with Crippen LogP contribution in [0.2, 0.25) is 0 Å². The first kappa shape index (κ1) is 25.2. The van der Waals surface area contributed by atoms with Crippen LogP contribution in [-0.2, 0) is 10.1 Å². The number of halogens is 3. The van der Waals surface area contributed by atoms with Crippen LogP contribution < -0.4 is 15.7 Å². The molecule has 6 aromatic rings. The van der Waals surface area contributed by atoms with Gasteiger partial charge in [-0.15, -0.1) is 0 Å². The molecule has 0 unspecified atom stereocenters. The molecule has 0 saturated carbocycles. The minimum atomic E-state index is -6.01. The van der Waals surface area contributed by atoms with E-state index in [1.165, 1.54) is 0 Å². The molecule has 0 aliphatic heterocycles. The van der Waals surface area contributed by atoms with Crippen LogP contribution in [0.25, 0.3) is 56.2 Å². The molecule has 0 aliphatic carbocycles. The molecular weight excluding hydrogens is 549 g/mol. The monoisotopic (exact) mass is 566 g/mol. The molecule has 0 radical (unpaired) electrons. The largest absolute Gasteiger partial charge is 0.534 e. The van der Waals surface area contributed by atoms with Crippen LogP contribution in [0.15, 0.2) is 87.7 Å². The van der Waals surface area contributed by atoms with Gasteiger partial charge in [-0.1, -0.05) is 36.4 Å². The van der Waals surface area contributed by atoms with Gasteiger partial charge in [0.15, 0.2) is 11.2 Å². The molecular formula is C27H17F3N4O5S. The van der Waals surface area contributed by atoms with Crippen molar-refractivity contribution in [3.8, 4) is 39.8 Å². The minimum absolute atomic E-state index is 0.00438. The van der Waals surface area contributed by atoms with Crippen molar-refractivity contribution in [2.75, 3.05) is 11.5 Å². The molecule has 0 fully saturated rings. The third kappa shape index (κ3) is 4.25. The normalized spacial score (nSPS) is 12.3. The highest BCUT2D eigenvalue weighted by Gasteiger charge is 2.48. The lowest BCUT2D eigenvalue weighted by Gasteiger charge is -2.16. The topological polar surface area (TPSA) is 147 Å². The fraction of sp³-hybridized carbons (Fsp3) is 0.0370. The first-order valence-electron chi connectivity index (χ1n) is 11.6. The van der Waals surface area contributed by atoms with Gasteiger partial charge in [-0.25, -0.2) is 9.97 Å². The molecule has 4 aromatic carbocycles. The molecule has 0 saturated heterocycles. The second kappa shape index (κ2) is 9.02. The molecule has 0 bridgehead atoms. The maximum atomic E-state index is 13.2.